The Balaban J connectivity index is 1.90. The molecule has 1 aromatic heterocycles. The molecule has 0 atom stereocenters. The number of thiophene rings is 1. The fraction of sp³-hybridized carbons (Fsp3) is 0.333. The SMILES string of the molecule is Cc1scc(C(=O)N/N=C\c2ccc(OCC(C)C)cc2)c1C. The van der Waals surface area contributed by atoms with Crippen molar-refractivity contribution >= 4 is 23.5 Å². The average molecular weight is 330 g/mol. The van der Waals surface area contributed by atoms with Crippen LogP contribution in [0.3, 0.4) is 0 Å². The van der Waals surface area contributed by atoms with Crippen molar-refractivity contribution in [1.29, 1.82) is 0 Å². The van der Waals surface area contributed by atoms with Crippen LogP contribution in [0, 0.1) is 19.8 Å². The topological polar surface area (TPSA) is 50.7 Å². The van der Waals surface area contributed by atoms with E-state index in [1.807, 2.05) is 43.5 Å². The number of rotatable bonds is 6. The summed E-state index contributed by atoms with van der Waals surface area (Å²) in [6.07, 6.45) is 1.62. The Morgan fingerprint density at radius 1 is 1.30 bits per heavy atom. The third-order valence-corrected chi connectivity index (χ3v) is 4.39. The van der Waals surface area contributed by atoms with Crippen molar-refractivity contribution in [1.82, 2.24) is 5.43 Å². The fourth-order valence-electron chi connectivity index (χ4n) is 1.88. The Bertz CT molecular complexity index is 688. The van der Waals surface area contributed by atoms with E-state index in [-0.39, 0.29) is 5.91 Å². The molecule has 0 aliphatic carbocycles. The van der Waals surface area contributed by atoms with Crippen molar-refractivity contribution in [3.05, 3.63) is 51.2 Å². The number of nitrogens with one attached hydrogen (secondary N) is 1. The van der Waals surface area contributed by atoms with Gasteiger partial charge in [-0.05, 0) is 55.2 Å². The smallest absolute Gasteiger partial charge is 0.272 e. The molecule has 0 aliphatic heterocycles. The van der Waals surface area contributed by atoms with Gasteiger partial charge in [-0.3, -0.25) is 4.79 Å². The first kappa shape index (κ1) is 17.2. The second kappa shape index (κ2) is 7.92. The van der Waals surface area contributed by atoms with Gasteiger partial charge in [-0.2, -0.15) is 5.10 Å². The number of benzene rings is 1. The van der Waals surface area contributed by atoms with Crippen molar-refractivity contribution in [2.75, 3.05) is 6.61 Å². The quantitative estimate of drug-likeness (QED) is 0.638. The van der Waals surface area contributed by atoms with Gasteiger partial charge in [-0.1, -0.05) is 13.8 Å². The lowest BCUT2D eigenvalue weighted by Gasteiger charge is -2.08. The third-order valence-electron chi connectivity index (χ3n) is 3.37. The van der Waals surface area contributed by atoms with Gasteiger partial charge in [0.15, 0.2) is 0 Å². The summed E-state index contributed by atoms with van der Waals surface area (Å²) in [5.74, 6) is 1.15. The van der Waals surface area contributed by atoms with E-state index in [9.17, 15) is 4.79 Å². The lowest BCUT2D eigenvalue weighted by atomic mass is 10.2. The molecule has 1 heterocycles. The molecule has 0 radical (unpaired) electrons. The maximum atomic E-state index is 12.0. The molecule has 0 spiro atoms. The van der Waals surface area contributed by atoms with Crippen molar-refractivity contribution in [3.8, 4) is 5.75 Å². The molecule has 0 bridgehead atoms. The summed E-state index contributed by atoms with van der Waals surface area (Å²) >= 11 is 1.57. The summed E-state index contributed by atoms with van der Waals surface area (Å²) in [5.41, 5.74) is 5.16. The van der Waals surface area contributed by atoms with Gasteiger partial charge in [0.25, 0.3) is 5.91 Å². The fourth-order valence-corrected chi connectivity index (χ4v) is 2.74. The normalized spacial score (nSPS) is 11.2. The first-order valence-corrected chi connectivity index (χ1v) is 8.46. The molecule has 0 fully saturated rings. The number of amides is 1. The van der Waals surface area contributed by atoms with Crippen LogP contribution in [-0.2, 0) is 0 Å². The summed E-state index contributed by atoms with van der Waals surface area (Å²) in [6, 6.07) is 7.62. The highest BCUT2D eigenvalue weighted by Gasteiger charge is 2.11. The molecule has 0 aliphatic rings. The van der Waals surface area contributed by atoms with Gasteiger partial charge in [0.05, 0.1) is 18.4 Å². The van der Waals surface area contributed by atoms with E-state index in [2.05, 4.69) is 24.4 Å². The minimum Gasteiger partial charge on any atom is -0.493 e. The molecular weight excluding hydrogens is 308 g/mol. The van der Waals surface area contributed by atoms with E-state index in [1.165, 1.54) is 0 Å². The van der Waals surface area contributed by atoms with Crippen LogP contribution in [0.15, 0.2) is 34.7 Å². The summed E-state index contributed by atoms with van der Waals surface area (Å²) in [7, 11) is 0. The van der Waals surface area contributed by atoms with Gasteiger partial charge >= 0.3 is 0 Å². The summed E-state index contributed by atoms with van der Waals surface area (Å²) in [5, 5.41) is 5.87. The van der Waals surface area contributed by atoms with Crippen molar-refractivity contribution in [2.24, 2.45) is 11.0 Å². The lowest BCUT2D eigenvalue weighted by molar-refractivity contribution is 0.0955. The largest absolute Gasteiger partial charge is 0.493 e. The molecule has 1 aromatic carbocycles. The molecular formula is C18H22N2O2S. The van der Waals surface area contributed by atoms with Crippen LogP contribution < -0.4 is 10.2 Å². The zero-order valence-corrected chi connectivity index (χ0v) is 14.7. The Kier molecular flexibility index (Phi) is 5.93. The number of nitrogens with zero attached hydrogens (tertiary/aromatic N) is 1. The zero-order valence-electron chi connectivity index (χ0n) is 13.9. The predicted molar refractivity (Wildman–Crippen MR) is 95.6 cm³/mol. The van der Waals surface area contributed by atoms with Crippen molar-refractivity contribution in [2.45, 2.75) is 27.7 Å². The maximum absolute atomic E-state index is 12.0. The molecule has 122 valence electrons. The van der Waals surface area contributed by atoms with Crippen LogP contribution in [0.5, 0.6) is 5.75 Å². The molecule has 1 N–H and O–H groups in total. The second-order valence-corrected chi connectivity index (χ2v) is 6.89. The van der Waals surface area contributed by atoms with Crippen LogP contribution in [0.2, 0.25) is 0 Å². The van der Waals surface area contributed by atoms with E-state index in [0.717, 1.165) is 21.8 Å². The number of hydrogen-bond donors (Lipinski definition) is 1. The summed E-state index contributed by atoms with van der Waals surface area (Å²) < 4.78 is 5.63. The second-order valence-electron chi connectivity index (χ2n) is 5.80. The maximum Gasteiger partial charge on any atom is 0.272 e. The highest BCUT2D eigenvalue weighted by Crippen LogP contribution is 2.20. The molecule has 0 saturated heterocycles. The molecule has 23 heavy (non-hydrogen) atoms. The number of hydrogen-bond acceptors (Lipinski definition) is 4. The highest BCUT2D eigenvalue weighted by atomic mass is 32.1. The molecule has 4 nitrogen and oxygen atoms in total. The van der Waals surface area contributed by atoms with Gasteiger partial charge in [-0.15, -0.1) is 11.3 Å². The van der Waals surface area contributed by atoms with Gasteiger partial charge < -0.3 is 4.74 Å². The third kappa shape index (κ3) is 4.93. The van der Waals surface area contributed by atoms with Crippen LogP contribution in [0.1, 0.15) is 40.2 Å². The Hall–Kier alpha value is -2.14. The Morgan fingerprint density at radius 2 is 2.00 bits per heavy atom. The number of hydrazone groups is 1. The van der Waals surface area contributed by atoms with Gasteiger partial charge in [-0.25, -0.2) is 5.43 Å². The molecule has 2 rings (SSSR count). The average Bonchev–Trinajstić information content (AvgIpc) is 2.86. The van der Waals surface area contributed by atoms with E-state index in [4.69, 9.17) is 4.74 Å². The molecule has 5 heteroatoms. The summed E-state index contributed by atoms with van der Waals surface area (Å²) in [4.78, 5) is 13.2. The van der Waals surface area contributed by atoms with Gasteiger partial charge in [0.1, 0.15) is 5.75 Å². The molecule has 0 unspecified atom stereocenters. The summed E-state index contributed by atoms with van der Waals surface area (Å²) in [6.45, 7) is 8.87. The van der Waals surface area contributed by atoms with Crippen molar-refractivity contribution in [3.63, 3.8) is 0 Å². The Morgan fingerprint density at radius 3 is 2.57 bits per heavy atom. The van der Waals surface area contributed by atoms with Crippen LogP contribution in [0.25, 0.3) is 0 Å². The minimum absolute atomic E-state index is 0.181. The van der Waals surface area contributed by atoms with Crippen molar-refractivity contribution < 1.29 is 9.53 Å². The first-order valence-electron chi connectivity index (χ1n) is 7.58. The van der Waals surface area contributed by atoms with E-state index >= 15 is 0 Å². The van der Waals surface area contributed by atoms with Crippen LogP contribution >= 0.6 is 11.3 Å². The molecule has 0 saturated carbocycles. The van der Waals surface area contributed by atoms with E-state index in [0.29, 0.717) is 18.1 Å². The van der Waals surface area contributed by atoms with Crippen LogP contribution in [-0.4, -0.2) is 18.7 Å². The minimum atomic E-state index is -0.181. The van der Waals surface area contributed by atoms with E-state index in [1.54, 1.807) is 17.6 Å². The molecule has 1 amide bonds. The van der Waals surface area contributed by atoms with Gasteiger partial charge in [0.2, 0.25) is 0 Å². The standard InChI is InChI=1S/C18H22N2O2S/c1-12(2)10-22-16-7-5-15(6-8-16)9-19-20-18(21)17-11-23-14(4)13(17)3/h5-9,11-12H,10H2,1-4H3,(H,20,21)/b19-9-. The van der Waals surface area contributed by atoms with Crippen LogP contribution in [0.4, 0.5) is 0 Å². The number of carbonyl (C=O) groups excluding carboxylic acids is 1. The molecule has 2 aromatic rings. The number of carbonyl (C=O) groups is 1. The highest BCUT2D eigenvalue weighted by molar-refractivity contribution is 7.10. The monoisotopic (exact) mass is 330 g/mol. The number of aryl methyl sites for hydroxylation is 1. The first-order chi connectivity index (χ1) is 11.0. The van der Waals surface area contributed by atoms with Gasteiger partial charge in [0, 0.05) is 10.3 Å². The zero-order chi connectivity index (χ0) is 16.8. The Labute approximate surface area is 141 Å². The van der Waals surface area contributed by atoms with E-state index < -0.39 is 0 Å². The number of ether oxygens (including phenoxy) is 1. The lowest BCUT2D eigenvalue weighted by Crippen LogP contribution is -2.17. The predicted octanol–water partition coefficient (Wildman–Crippen LogP) is 4.16.